The van der Waals surface area contributed by atoms with Crippen molar-refractivity contribution in [1.82, 2.24) is 4.90 Å². The monoisotopic (exact) mass is 231 g/mol. The summed E-state index contributed by atoms with van der Waals surface area (Å²) in [7, 11) is -2.89. The molecule has 1 aliphatic rings. The second-order valence-corrected chi connectivity index (χ2v) is 6.69. The molecular weight excluding hydrogens is 214 g/mol. The Kier molecular flexibility index (Phi) is 3.38. The van der Waals surface area contributed by atoms with Crippen molar-refractivity contribution in [2.24, 2.45) is 5.73 Å². The smallest absolute Gasteiger partial charge is 0.153 e. The van der Waals surface area contributed by atoms with Gasteiger partial charge in [0.1, 0.15) is 5.54 Å². The Hall–Kier alpha value is -0.640. The minimum atomic E-state index is -2.89. The van der Waals surface area contributed by atoms with Crippen LogP contribution in [-0.4, -0.2) is 49.5 Å². The number of hydrogen-bond acceptors (Lipinski definition) is 5. The lowest BCUT2D eigenvalue weighted by Crippen LogP contribution is -2.54. The third-order valence-electron chi connectivity index (χ3n) is 2.59. The summed E-state index contributed by atoms with van der Waals surface area (Å²) >= 11 is 0. The van der Waals surface area contributed by atoms with Gasteiger partial charge in [0.2, 0.25) is 0 Å². The van der Waals surface area contributed by atoms with Gasteiger partial charge in [-0.25, -0.2) is 8.42 Å². The molecule has 0 aliphatic carbocycles. The predicted octanol–water partition coefficient (Wildman–Crippen LogP) is -0.654. The molecule has 0 spiro atoms. The average molecular weight is 231 g/mol. The molecule has 0 bridgehead atoms. The van der Waals surface area contributed by atoms with E-state index in [1.807, 2.05) is 17.9 Å². The van der Waals surface area contributed by atoms with Crippen LogP contribution in [0.15, 0.2) is 0 Å². The van der Waals surface area contributed by atoms with E-state index in [2.05, 4.69) is 0 Å². The Morgan fingerprint density at radius 2 is 2.27 bits per heavy atom. The largest absolute Gasteiger partial charge is 0.313 e. The van der Waals surface area contributed by atoms with E-state index in [0.717, 1.165) is 0 Å². The highest BCUT2D eigenvalue weighted by atomic mass is 32.2. The summed E-state index contributed by atoms with van der Waals surface area (Å²) in [6, 6.07) is 1.96. The molecule has 1 aliphatic heterocycles. The van der Waals surface area contributed by atoms with Gasteiger partial charge in [-0.15, -0.1) is 0 Å². The number of sulfone groups is 1. The first-order valence-corrected chi connectivity index (χ1v) is 6.72. The Balaban J connectivity index is 2.65. The van der Waals surface area contributed by atoms with Crippen molar-refractivity contribution in [1.29, 1.82) is 5.26 Å². The molecule has 5 nitrogen and oxygen atoms in total. The first kappa shape index (κ1) is 12.4. The molecule has 0 saturated carbocycles. The summed E-state index contributed by atoms with van der Waals surface area (Å²) in [6.07, 6.45) is 0. The fourth-order valence-corrected chi connectivity index (χ4v) is 3.35. The zero-order chi connectivity index (χ0) is 11.7. The number of nitrogens with two attached hydrogens (primary N) is 1. The first-order valence-electron chi connectivity index (χ1n) is 4.90. The minimum Gasteiger partial charge on any atom is -0.313 e. The molecule has 0 aromatic heterocycles. The van der Waals surface area contributed by atoms with Crippen LogP contribution in [0.5, 0.6) is 0 Å². The standard InChI is InChI=1S/C9H17N3O2S/c1-8-5-15(13,14)4-3-12(8)7-9(2,11)6-10/h8H,3-5,7,11H2,1-2H3. The number of hydrogen-bond donors (Lipinski definition) is 1. The third kappa shape index (κ3) is 3.45. The molecule has 0 radical (unpaired) electrons. The molecule has 1 fully saturated rings. The van der Waals surface area contributed by atoms with Gasteiger partial charge >= 0.3 is 0 Å². The Bertz CT molecular complexity index is 369. The van der Waals surface area contributed by atoms with Crippen molar-refractivity contribution >= 4 is 9.84 Å². The summed E-state index contributed by atoms with van der Waals surface area (Å²) < 4.78 is 22.6. The van der Waals surface area contributed by atoms with Crippen molar-refractivity contribution < 1.29 is 8.42 Å². The molecule has 2 unspecified atom stereocenters. The Morgan fingerprint density at radius 1 is 1.67 bits per heavy atom. The highest BCUT2D eigenvalue weighted by molar-refractivity contribution is 7.91. The average Bonchev–Trinajstić information content (AvgIpc) is 2.09. The first-order chi connectivity index (χ1) is 6.76. The predicted molar refractivity (Wildman–Crippen MR) is 57.9 cm³/mol. The van der Waals surface area contributed by atoms with Crippen molar-refractivity contribution in [3.8, 4) is 6.07 Å². The SMILES string of the molecule is CC1CS(=O)(=O)CCN1CC(C)(N)C#N. The molecule has 1 saturated heterocycles. The summed E-state index contributed by atoms with van der Waals surface area (Å²) in [4.78, 5) is 1.96. The molecule has 6 heteroatoms. The second-order valence-electron chi connectivity index (χ2n) is 4.46. The fourth-order valence-electron chi connectivity index (χ4n) is 1.73. The molecule has 2 N–H and O–H groups in total. The van der Waals surface area contributed by atoms with E-state index in [-0.39, 0.29) is 17.5 Å². The van der Waals surface area contributed by atoms with Crippen molar-refractivity contribution in [2.75, 3.05) is 24.6 Å². The van der Waals surface area contributed by atoms with Crippen LogP contribution >= 0.6 is 0 Å². The molecular formula is C9H17N3O2S. The Labute approximate surface area is 90.8 Å². The van der Waals surface area contributed by atoms with Crippen LogP contribution in [0.4, 0.5) is 0 Å². The van der Waals surface area contributed by atoms with Crippen molar-refractivity contribution in [3.05, 3.63) is 0 Å². The normalized spacial score (nSPS) is 30.4. The molecule has 2 atom stereocenters. The van der Waals surface area contributed by atoms with Crippen LogP contribution in [0.1, 0.15) is 13.8 Å². The van der Waals surface area contributed by atoms with E-state index in [4.69, 9.17) is 11.0 Å². The minimum absolute atomic E-state index is 0.0556. The van der Waals surface area contributed by atoms with E-state index in [0.29, 0.717) is 13.1 Å². The Morgan fingerprint density at radius 3 is 2.73 bits per heavy atom. The zero-order valence-electron chi connectivity index (χ0n) is 9.10. The van der Waals surface area contributed by atoms with Crippen molar-refractivity contribution in [3.63, 3.8) is 0 Å². The quantitative estimate of drug-likeness (QED) is 0.682. The van der Waals surface area contributed by atoms with E-state index in [1.165, 1.54) is 0 Å². The molecule has 1 rings (SSSR count). The van der Waals surface area contributed by atoms with Gasteiger partial charge in [0.25, 0.3) is 0 Å². The maximum atomic E-state index is 11.3. The fraction of sp³-hybridized carbons (Fsp3) is 0.889. The molecule has 15 heavy (non-hydrogen) atoms. The van der Waals surface area contributed by atoms with E-state index in [1.54, 1.807) is 6.92 Å². The maximum absolute atomic E-state index is 11.3. The summed E-state index contributed by atoms with van der Waals surface area (Å²) in [5.74, 6) is 0.327. The van der Waals surface area contributed by atoms with Gasteiger partial charge in [-0.3, -0.25) is 4.90 Å². The van der Waals surface area contributed by atoms with Gasteiger partial charge in [0, 0.05) is 19.1 Å². The van der Waals surface area contributed by atoms with Crippen molar-refractivity contribution in [2.45, 2.75) is 25.4 Å². The lowest BCUT2D eigenvalue weighted by atomic mass is 10.1. The maximum Gasteiger partial charge on any atom is 0.153 e. The lowest BCUT2D eigenvalue weighted by Gasteiger charge is -2.36. The van der Waals surface area contributed by atoms with E-state index >= 15 is 0 Å². The topological polar surface area (TPSA) is 87.2 Å². The highest BCUT2D eigenvalue weighted by Gasteiger charge is 2.32. The molecule has 86 valence electrons. The van der Waals surface area contributed by atoms with Gasteiger partial charge in [-0.1, -0.05) is 0 Å². The van der Waals surface area contributed by atoms with Crippen LogP contribution in [0.3, 0.4) is 0 Å². The number of nitriles is 1. The van der Waals surface area contributed by atoms with Crippen LogP contribution in [0, 0.1) is 11.3 Å². The van der Waals surface area contributed by atoms with Crippen LogP contribution < -0.4 is 5.73 Å². The van der Waals surface area contributed by atoms with E-state index in [9.17, 15) is 8.42 Å². The molecule has 1 heterocycles. The molecule has 0 aromatic carbocycles. The number of nitrogens with zero attached hydrogens (tertiary/aromatic N) is 2. The lowest BCUT2D eigenvalue weighted by molar-refractivity contribution is 0.199. The summed E-state index contributed by atoms with van der Waals surface area (Å²) in [5, 5.41) is 8.79. The van der Waals surface area contributed by atoms with Crippen LogP contribution in [0.25, 0.3) is 0 Å². The van der Waals surface area contributed by atoms with Gasteiger partial charge in [0.15, 0.2) is 9.84 Å². The van der Waals surface area contributed by atoms with E-state index < -0.39 is 15.4 Å². The van der Waals surface area contributed by atoms with Crippen LogP contribution in [0.2, 0.25) is 0 Å². The third-order valence-corrected chi connectivity index (χ3v) is 4.39. The van der Waals surface area contributed by atoms with Gasteiger partial charge < -0.3 is 5.73 Å². The summed E-state index contributed by atoms with van der Waals surface area (Å²) in [6.45, 7) is 4.39. The van der Waals surface area contributed by atoms with Gasteiger partial charge in [-0.05, 0) is 13.8 Å². The van der Waals surface area contributed by atoms with Crippen LogP contribution in [-0.2, 0) is 9.84 Å². The van der Waals surface area contributed by atoms with Gasteiger partial charge in [0.05, 0.1) is 17.6 Å². The number of rotatable bonds is 2. The zero-order valence-corrected chi connectivity index (χ0v) is 9.92. The highest BCUT2D eigenvalue weighted by Crippen LogP contribution is 2.13. The van der Waals surface area contributed by atoms with Gasteiger partial charge in [-0.2, -0.15) is 5.26 Å². The summed E-state index contributed by atoms with van der Waals surface area (Å²) in [5.41, 5.74) is 4.82. The second kappa shape index (κ2) is 4.08. The molecule has 0 aromatic rings. The molecule has 0 amide bonds.